The second-order valence-corrected chi connectivity index (χ2v) is 5.00. The molecule has 0 unspecified atom stereocenters. The van der Waals surface area contributed by atoms with Crippen molar-refractivity contribution in [3.63, 3.8) is 0 Å². The first-order valence-corrected chi connectivity index (χ1v) is 7.04. The van der Waals surface area contributed by atoms with Crippen LogP contribution in [0.3, 0.4) is 0 Å². The zero-order valence-electron chi connectivity index (χ0n) is 11.7. The Hall–Kier alpha value is -2.62. The molecular weight excluding hydrogens is 262 g/mol. The summed E-state index contributed by atoms with van der Waals surface area (Å²) in [6, 6.07) is 14.0. The molecule has 0 aliphatic heterocycles. The van der Waals surface area contributed by atoms with Gasteiger partial charge in [-0.3, -0.25) is 9.78 Å². The maximum absolute atomic E-state index is 11.9. The van der Waals surface area contributed by atoms with E-state index in [1.165, 1.54) is 10.9 Å². The van der Waals surface area contributed by atoms with Crippen LogP contribution in [0.5, 0.6) is 0 Å². The van der Waals surface area contributed by atoms with Gasteiger partial charge >= 0.3 is 0 Å². The quantitative estimate of drug-likeness (QED) is 0.754. The summed E-state index contributed by atoms with van der Waals surface area (Å²) < 4.78 is 0. The van der Waals surface area contributed by atoms with E-state index in [2.05, 4.69) is 33.5 Å². The zero-order valence-corrected chi connectivity index (χ0v) is 11.7. The number of carbonyl (C=O) groups excluding carboxylic acids is 1. The molecule has 0 radical (unpaired) electrons. The predicted molar refractivity (Wildman–Crippen MR) is 82.7 cm³/mol. The monoisotopic (exact) mass is 279 g/mol. The van der Waals surface area contributed by atoms with E-state index >= 15 is 0 Å². The number of aromatic amines is 1. The minimum atomic E-state index is 0.0508. The first kappa shape index (κ1) is 13.4. The first-order valence-electron chi connectivity index (χ1n) is 7.04. The maximum Gasteiger partial charge on any atom is 0.220 e. The third-order valence-electron chi connectivity index (χ3n) is 3.45. The van der Waals surface area contributed by atoms with Crippen molar-refractivity contribution in [2.45, 2.75) is 19.4 Å². The van der Waals surface area contributed by atoms with Gasteiger partial charge < -0.3 is 10.3 Å². The van der Waals surface area contributed by atoms with Crippen molar-refractivity contribution in [3.8, 4) is 0 Å². The number of aromatic nitrogens is 2. The van der Waals surface area contributed by atoms with Crippen LogP contribution >= 0.6 is 0 Å². The van der Waals surface area contributed by atoms with Crippen molar-refractivity contribution in [1.82, 2.24) is 15.3 Å². The number of nitrogens with one attached hydrogen (secondary N) is 2. The average Bonchev–Trinajstić information content (AvgIpc) is 2.99. The van der Waals surface area contributed by atoms with Crippen molar-refractivity contribution < 1.29 is 4.79 Å². The number of fused-ring (bicyclic) bond motifs is 1. The third-order valence-corrected chi connectivity index (χ3v) is 3.45. The molecule has 0 saturated carbocycles. The van der Waals surface area contributed by atoms with E-state index in [1.54, 1.807) is 6.20 Å². The predicted octanol–water partition coefficient (Wildman–Crippen LogP) is 2.81. The number of nitrogens with zero attached hydrogens (tertiary/aromatic N) is 1. The van der Waals surface area contributed by atoms with Crippen LogP contribution in [0.1, 0.15) is 17.7 Å². The van der Waals surface area contributed by atoms with E-state index in [0.717, 1.165) is 17.6 Å². The van der Waals surface area contributed by atoms with Crippen molar-refractivity contribution in [2.24, 2.45) is 0 Å². The molecule has 1 amide bonds. The number of rotatable bonds is 5. The van der Waals surface area contributed by atoms with Crippen LogP contribution in [0.2, 0.25) is 0 Å². The van der Waals surface area contributed by atoms with Gasteiger partial charge in [-0.25, -0.2) is 0 Å². The van der Waals surface area contributed by atoms with Crippen LogP contribution in [-0.4, -0.2) is 15.9 Å². The van der Waals surface area contributed by atoms with E-state index < -0.39 is 0 Å². The molecule has 2 heterocycles. The van der Waals surface area contributed by atoms with Gasteiger partial charge in [0.25, 0.3) is 0 Å². The normalized spacial score (nSPS) is 10.7. The van der Waals surface area contributed by atoms with Crippen molar-refractivity contribution in [1.29, 1.82) is 0 Å². The largest absolute Gasteiger partial charge is 0.361 e. The number of hydrogen-bond donors (Lipinski definition) is 2. The highest BCUT2D eigenvalue weighted by Crippen LogP contribution is 2.15. The molecule has 0 aliphatic carbocycles. The maximum atomic E-state index is 11.9. The number of pyridine rings is 1. The standard InChI is InChI=1S/C17H17N3O/c21-17(20-12-15-3-1-2-9-18-15)7-5-13-4-6-16-14(11-13)8-10-19-16/h1-4,6,8-11,19H,5,7,12H2,(H,20,21). The Kier molecular flexibility index (Phi) is 3.96. The minimum absolute atomic E-state index is 0.0508. The van der Waals surface area contributed by atoms with Crippen LogP contribution in [0.4, 0.5) is 0 Å². The topological polar surface area (TPSA) is 57.8 Å². The van der Waals surface area contributed by atoms with Crippen molar-refractivity contribution in [2.75, 3.05) is 0 Å². The third kappa shape index (κ3) is 3.48. The lowest BCUT2D eigenvalue weighted by Gasteiger charge is -2.05. The number of H-pyrrole nitrogens is 1. The molecular formula is C17H17N3O. The van der Waals surface area contributed by atoms with Crippen LogP contribution < -0.4 is 5.32 Å². The van der Waals surface area contributed by atoms with Crippen LogP contribution in [-0.2, 0) is 17.8 Å². The molecule has 0 atom stereocenters. The summed E-state index contributed by atoms with van der Waals surface area (Å²) in [5.41, 5.74) is 3.17. The highest BCUT2D eigenvalue weighted by atomic mass is 16.1. The molecule has 3 aromatic rings. The van der Waals surface area contributed by atoms with Crippen molar-refractivity contribution in [3.05, 3.63) is 66.1 Å². The Balaban J connectivity index is 1.51. The number of aryl methyl sites for hydroxylation is 1. The van der Waals surface area contributed by atoms with E-state index in [9.17, 15) is 4.79 Å². The smallest absolute Gasteiger partial charge is 0.220 e. The van der Waals surface area contributed by atoms with Gasteiger partial charge in [0.2, 0.25) is 5.91 Å². The lowest BCUT2D eigenvalue weighted by atomic mass is 10.1. The summed E-state index contributed by atoms with van der Waals surface area (Å²) in [4.78, 5) is 19.2. The second-order valence-electron chi connectivity index (χ2n) is 5.00. The first-order chi connectivity index (χ1) is 10.3. The van der Waals surface area contributed by atoms with Crippen LogP contribution in [0, 0.1) is 0 Å². The molecule has 0 spiro atoms. The summed E-state index contributed by atoms with van der Waals surface area (Å²) in [5, 5.41) is 4.08. The van der Waals surface area contributed by atoms with Gasteiger partial charge in [-0.2, -0.15) is 0 Å². The SMILES string of the molecule is O=C(CCc1ccc2[nH]ccc2c1)NCc1ccccn1. The number of hydrogen-bond acceptors (Lipinski definition) is 2. The number of amides is 1. The Bertz CT molecular complexity index is 734. The van der Waals surface area contributed by atoms with E-state index in [0.29, 0.717) is 13.0 Å². The van der Waals surface area contributed by atoms with Gasteiger partial charge in [-0.05, 0) is 47.7 Å². The summed E-state index contributed by atoms with van der Waals surface area (Å²) in [6.07, 6.45) is 4.89. The molecule has 1 aromatic carbocycles. The van der Waals surface area contributed by atoms with Crippen molar-refractivity contribution >= 4 is 16.8 Å². The van der Waals surface area contributed by atoms with Gasteiger partial charge in [-0.1, -0.05) is 12.1 Å². The molecule has 0 bridgehead atoms. The molecule has 4 heteroatoms. The molecule has 0 fully saturated rings. The van der Waals surface area contributed by atoms with E-state index in [1.807, 2.05) is 30.5 Å². The summed E-state index contributed by atoms with van der Waals surface area (Å²) >= 11 is 0. The second kappa shape index (κ2) is 6.22. The Morgan fingerprint density at radius 1 is 1.19 bits per heavy atom. The van der Waals surface area contributed by atoms with Crippen LogP contribution in [0.15, 0.2) is 54.9 Å². The zero-order chi connectivity index (χ0) is 14.5. The highest BCUT2D eigenvalue weighted by molar-refractivity contribution is 5.80. The molecule has 4 nitrogen and oxygen atoms in total. The molecule has 21 heavy (non-hydrogen) atoms. The Morgan fingerprint density at radius 2 is 2.14 bits per heavy atom. The molecule has 0 saturated heterocycles. The van der Waals surface area contributed by atoms with Gasteiger partial charge in [0.1, 0.15) is 0 Å². The Morgan fingerprint density at radius 3 is 3.00 bits per heavy atom. The summed E-state index contributed by atoms with van der Waals surface area (Å²) in [7, 11) is 0. The fourth-order valence-electron chi connectivity index (χ4n) is 2.30. The fraction of sp³-hybridized carbons (Fsp3) is 0.176. The van der Waals surface area contributed by atoms with Gasteiger partial charge in [0.05, 0.1) is 12.2 Å². The molecule has 0 aliphatic rings. The van der Waals surface area contributed by atoms with Crippen LogP contribution in [0.25, 0.3) is 10.9 Å². The highest BCUT2D eigenvalue weighted by Gasteiger charge is 2.04. The minimum Gasteiger partial charge on any atom is -0.361 e. The van der Waals surface area contributed by atoms with Gasteiger partial charge in [0.15, 0.2) is 0 Å². The molecule has 106 valence electrons. The number of carbonyl (C=O) groups is 1. The lowest BCUT2D eigenvalue weighted by Crippen LogP contribution is -2.23. The molecule has 2 N–H and O–H groups in total. The Labute approximate surface area is 123 Å². The fourth-order valence-corrected chi connectivity index (χ4v) is 2.30. The summed E-state index contributed by atoms with van der Waals surface area (Å²) in [6.45, 7) is 0.483. The number of benzene rings is 1. The lowest BCUT2D eigenvalue weighted by molar-refractivity contribution is -0.121. The van der Waals surface area contributed by atoms with E-state index in [-0.39, 0.29) is 5.91 Å². The molecule has 3 rings (SSSR count). The summed E-state index contributed by atoms with van der Waals surface area (Å²) in [5.74, 6) is 0.0508. The van der Waals surface area contributed by atoms with Gasteiger partial charge in [-0.15, -0.1) is 0 Å². The van der Waals surface area contributed by atoms with Gasteiger partial charge in [0, 0.05) is 24.3 Å². The molecule has 2 aromatic heterocycles. The van der Waals surface area contributed by atoms with E-state index in [4.69, 9.17) is 0 Å². The average molecular weight is 279 g/mol.